The van der Waals surface area contributed by atoms with E-state index < -0.39 is 112 Å². The molecule has 11 heterocycles. The summed E-state index contributed by atoms with van der Waals surface area (Å²) in [6.45, 7) is 15.2. The molecule has 26 atom stereocenters. The topological polar surface area (TPSA) is 263 Å². The average Bonchev–Trinajstić information content (AvgIpc) is 3.45. The number of carbonyl (C=O) groups is 1. The summed E-state index contributed by atoms with van der Waals surface area (Å²) in [5.74, 6) is -1.86. The summed E-state index contributed by atoms with van der Waals surface area (Å²) < 4.78 is 113. The van der Waals surface area contributed by atoms with Crippen molar-refractivity contribution in [1.29, 1.82) is 0 Å². The maximum atomic E-state index is 12.0. The number of aliphatic hydroxyl groups excluding tert-OH is 2. The highest BCUT2D eigenvalue weighted by Gasteiger charge is 2.62. The minimum atomic E-state index is -4.79. The normalized spacial score (nSPS) is 51.3. The lowest BCUT2D eigenvalue weighted by Crippen LogP contribution is -2.69. The molecule has 0 saturated carbocycles. The van der Waals surface area contributed by atoms with Crippen molar-refractivity contribution < 1.29 is 94.5 Å². The maximum Gasteiger partial charge on any atom is 0.397 e. The average molecular weight is 1070 g/mol. The third-order valence-corrected chi connectivity index (χ3v) is 19.3. The zero-order valence-electron chi connectivity index (χ0n) is 42.9. The highest BCUT2D eigenvalue weighted by Crippen LogP contribution is 2.52. The Morgan fingerprint density at radius 3 is 1.88 bits per heavy atom. The van der Waals surface area contributed by atoms with Gasteiger partial charge < -0.3 is 72.5 Å². The Balaban J connectivity index is 0.734. The number of hydrogen-bond acceptors (Lipinski definition) is 18. The van der Waals surface area contributed by atoms with Crippen molar-refractivity contribution in [3.63, 3.8) is 0 Å². The van der Waals surface area contributed by atoms with E-state index >= 15 is 0 Å². The highest BCUT2D eigenvalue weighted by atomic mass is 32.3. The number of rotatable bonds is 10. The molecule has 74 heavy (non-hydrogen) atoms. The molecule has 0 bridgehead atoms. The van der Waals surface area contributed by atoms with Gasteiger partial charge in [0.2, 0.25) is 0 Å². The summed E-state index contributed by atoms with van der Waals surface area (Å²) in [5, 5.41) is 43.1. The fourth-order valence-corrected chi connectivity index (χ4v) is 15.4. The third-order valence-electron chi connectivity index (χ3n) is 18.8. The molecule has 20 nitrogen and oxygen atoms in total. The van der Waals surface area contributed by atoms with Gasteiger partial charge in [0.15, 0.2) is 0 Å². The summed E-state index contributed by atoms with van der Waals surface area (Å²) in [4.78, 5) is 11.8. The quantitative estimate of drug-likeness (QED) is 0.154. The van der Waals surface area contributed by atoms with E-state index in [9.17, 15) is 38.2 Å². The number of allylic oxidation sites excluding steroid dienone is 1. The maximum absolute atomic E-state index is 12.0. The molecule has 0 aromatic carbocycles. The van der Waals surface area contributed by atoms with E-state index in [4.69, 9.17) is 56.3 Å². The Labute approximate surface area is 433 Å². The van der Waals surface area contributed by atoms with E-state index in [1.807, 2.05) is 0 Å². The minimum Gasteiger partial charge on any atom is -0.481 e. The van der Waals surface area contributed by atoms with Gasteiger partial charge in [0, 0.05) is 58.0 Å². The van der Waals surface area contributed by atoms with Gasteiger partial charge in [-0.25, -0.2) is 4.18 Å². The summed E-state index contributed by atoms with van der Waals surface area (Å²) in [6, 6.07) is 0. The van der Waals surface area contributed by atoms with E-state index in [0.717, 1.165) is 25.7 Å². The van der Waals surface area contributed by atoms with Gasteiger partial charge in [-0.15, -0.1) is 6.58 Å². The largest absolute Gasteiger partial charge is 0.481 e. The lowest BCUT2D eigenvalue weighted by Gasteiger charge is -2.57. The molecule has 0 aromatic rings. The summed E-state index contributed by atoms with van der Waals surface area (Å²) in [6.07, 6.45) is 2.33. The molecule has 0 radical (unpaired) electrons. The third kappa shape index (κ3) is 10.3. The molecule has 0 spiro atoms. The molecule has 11 saturated heterocycles. The molecule has 0 aromatic heterocycles. The molecule has 416 valence electrons. The predicted octanol–water partition coefficient (Wildman–Crippen LogP) is 3.74. The fraction of sp³-hybridized carbons (Fsp3) is 0.868. The van der Waals surface area contributed by atoms with Crippen LogP contribution < -0.4 is 0 Å². The van der Waals surface area contributed by atoms with Crippen molar-refractivity contribution in [2.45, 2.75) is 275 Å². The van der Waals surface area contributed by atoms with E-state index in [0.29, 0.717) is 56.9 Å². The van der Waals surface area contributed by atoms with E-state index in [1.54, 1.807) is 13.8 Å². The second-order valence-corrected chi connectivity index (χ2v) is 25.2. The van der Waals surface area contributed by atoms with E-state index in [1.165, 1.54) is 18.2 Å². The lowest BCUT2D eigenvalue weighted by atomic mass is 9.76. The van der Waals surface area contributed by atoms with Gasteiger partial charge in [0.25, 0.3) is 0 Å². The number of ether oxygens (including phenoxy) is 11. The number of fused-ring (bicyclic) bond motifs is 10. The predicted molar refractivity (Wildman–Crippen MR) is 258 cm³/mol. The van der Waals surface area contributed by atoms with Gasteiger partial charge in [0.05, 0.1) is 120 Å². The molecule has 26 unspecified atom stereocenters. The van der Waals surface area contributed by atoms with Gasteiger partial charge in [-0.05, 0) is 78.2 Å². The Kier molecular flexibility index (Phi) is 14.8. The van der Waals surface area contributed by atoms with Crippen LogP contribution in [0.1, 0.15) is 124 Å². The number of carboxylic acid groups (broad SMARTS) is 1. The van der Waals surface area contributed by atoms with Crippen molar-refractivity contribution in [2.24, 2.45) is 5.92 Å². The van der Waals surface area contributed by atoms with Crippen LogP contribution in [-0.4, -0.2) is 197 Å². The van der Waals surface area contributed by atoms with Crippen molar-refractivity contribution in [2.75, 3.05) is 6.61 Å². The Morgan fingerprint density at radius 2 is 1.27 bits per heavy atom. The monoisotopic (exact) mass is 1070 g/mol. The summed E-state index contributed by atoms with van der Waals surface area (Å²) >= 11 is 0. The molecule has 5 N–H and O–H groups in total. The van der Waals surface area contributed by atoms with Crippen LogP contribution in [-0.2, 0) is 71.5 Å². The molecule has 11 aliphatic heterocycles. The zero-order valence-corrected chi connectivity index (χ0v) is 43.7. The first-order valence-electron chi connectivity index (χ1n) is 27.2. The van der Waals surface area contributed by atoms with Crippen LogP contribution in [0.25, 0.3) is 0 Å². The van der Waals surface area contributed by atoms with Gasteiger partial charge in [-0.2, -0.15) is 8.42 Å². The zero-order chi connectivity index (χ0) is 52.3. The fourth-order valence-electron chi connectivity index (χ4n) is 14.9. The van der Waals surface area contributed by atoms with Gasteiger partial charge in [-0.1, -0.05) is 24.8 Å². The highest BCUT2D eigenvalue weighted by molar-refractivity contribution is 7.80. The molecule has 0 amide bonds. The van der Waals surface area contributed by atoms with Crippen LogP contribution in [0.15, 0.2) is 37.0 Å². The van der Waals surface area contributed by atoms with E-state index in [2.05, 4.69) is 27.0 Å². The molecular formula is C53H78O20S. The second kappa shape index (κ2) is 20.3. The molecule has 11 fully saturated rings. The number of aliphatic carboxylic acids is 1. The molecular weight excluding hydrogens is 989 g/mol. The standard InChI is InChI=1S/C53H78O20S/c1-7-9-27(49(56)57)11-14-50(3,58)48-26(2)18-30-37(70-48)23-41-47(69-30)45(55)46-40(65-41)22-32-28(68-46)10-8-13-52(5)42(67-32)25-43-53(6,73-52)15-12-29-31(66-43)19-34-33(62-29)20-35-36(63-34)21-39-38(64-35)24-44(72-74(59,60)61)51(4,71-39)16-17-54/h7,11,14,27-48,54-55,58H,1-2,8-10,12-13,15-25H2,3-6H3,(H,56,57)(H,59,60,61)/b14-11+. The SMILES string of the molecule is C=CCC(/C=C/C(C)(O)C1OC2CC3OC4CC5OC6CC7OC8CC9OC%10CC%11OC(C)(CCO)C(OS(=O)(=O)O)CC%11OC%10CC9OC8CCC7(C)OC6(C)CCCC5OC4C(O)C3OC2CC1=C)C(=O)O. The van der Waals surface area contributed by atoms with Crippen molar-refractivity contribution in [1.82, 2.24) is 0 Å². The van der Waals surface area contributed by atoms with Gasteiger partial charge >= 0.3 is 16.4 Å². The Hall–Kier alpha value is -2.00. The molecule has 0 aliphatic carbocycles. The summed E-state index contributed by atoms with van der Waals surface area (Å²) in [7, 11) is -4.79. The first kappa shape index (κ1) is 54.0. The van der Waals surface area contributed by atoms with Crippen LogP contribution >= 0.6 is 0 Å². The van der Waals surface area contributed by atoms with Gasteiger partial charge in [-0.3, -0.25) is 9.35 Å². The van der Waals surface area contributed by atoms with Crippen LogP contribution in [0, 0.1) is 5.92 Å². The lowest BCUT2D eigenvalue weighted by molar-refractivity contribution is -0.344. The molecule has 11 aliphatic rings. The van der Waals surface area contributed by atoms with E-state index in [-0.39, 0.29) is 86.9 Å². The smallest absolute Gasteiger partial charge is 0.397 e. The first-order valence-corrected chi connectivity index (χ1v) is 28.6. The Bertz CT molecular complexity index is 2250. The first-order chi connectivity index (χ1) is 35.0. The van der Waals surface area contributed by atoms with Crippen LogP contribution in [0.5, 0.6) is 0 Å². The second-order valence-electron chi connectivity index (χ2n) is 24.2. The van der Waals surface area contributed by atoms with Crippen molar-refractivity contribution in [3.8, 4) is 0 Å². The molecule has 11 rings (SSSR count). The number of carboxylic acids is 1. The number of hydrogen-bond donors (Lipinski definition) is 5. The minimum absolute atomic E-state index is 0.102. The molecule has 21 heteroatoms. The van der Waals surface area contributed by atoms with Crippen molar-refractivity contribution >= 4 is 16.4 Å². The van der Waals surface area contributed by atoms with Crippen LogP contribution in [0.2, 0.25) is 0 Å². The van der Waals surface area contributed by atoms with Crippen molar-refractivity contribution in [3.05, 3.63) is 37.0 Å². The summed E-state index contributed by atoms with van der Waals surface area (Å²) in [5.41, 5.74) is -3.36. The van der Waals surface area contributed by atoms with Crippen LogP contribution in [0.4, 0.5) is 0 Å². The van der Waals surface area contributed by atoms with Crippen LogP contribution in [0.3, 0.4) is 0 Å². The Morgan fingerprint density at radius 1 is 0.743 bits per heavy atom. The number of aliphatic hydroxyl groups is 3. The van der Waals surface area contributed by atoms with Gasteiger partial charge in [0.1, 0.15) is 36.1 Å².